The molecule has 1 aliphatic carbocycles. The van der Waals surface area contributed by atoms with Crippen LogP contribution < -0.4 is 5.32 Å². The summed E-state index contributed by atoms with van der Waals surface area (Å²) in [5.41, 5.74) is 3.99. The van der Waals surface area contributed by atoms with Gasteiger partial charge in [-0.15, -0.1) is 0 Å². The molecule has 22 heavy (non-hydrogen) atoms. The van der Waals surface area contributed by atoms with Gasteiger partial charge in [0.25, 0.3) is 5.91 Å². The lowest BCUT2D eigenvalue weighted by Gasteiger charge is -2.10. The third kappa shape index (κ3) is 2.91. The van der Waals surface area contributed by atoms with Crippen molar-refractivity contribution in [2.24, 2.45) is 13.0 Å². The van der Waals surface area contributed by atoms with Crippen molar-refractivity contribution in [1.82, 2.24) is 4.57 Å². The van der Waals surface area contributed by atoms with Gasteiger partial charge in [0.05, 0.1) is 5.56 Å². The van der Waals surface area contributed by atoms with E-state index in [1.165, 1.54) is 18.9 Å². The van der Waals surface area contributed by atoms with E-state index in [1.807, 2.05) is 20.2 Å². The van der Waals surface area contributed by atoms with Gasteiger partial charge in [-0.25, -0.2) is 4.39 Å². The van der Waals surface area contributed by atoms with E-state index >= 15 is 0 Å². The standard InChI is InChI=1S/C18H21FN2O/c1-11-8-14(6-7-15(11)19)20-18(22)17-12(2)10-21(3)16(17)9-13-4-5-13/h6-8,10,13H,4-5,9H2,1-3H3,(H,20,22). The molecule has 0 atom stereocenters. The van der Waals surface area contributed by atoms with Crippen molar-refractivity contribution >= 4 is 11.6 Å². The molecule has 1 N–H and O–H groups in total. The van der Waals surface area contributed by atoms with Gasteiger partial charge in [0.2, 0.25) is 0 Å². The molecule has 0 aliphatic heterocycles. The smallest absolute Gasteiger partial charge is 0.257 e. The number of rotatable bonds is 4. The Bertz CT molecular complexity index is 729. The lowest BCUT2D eigenvalue weighted by Crippen LogP contribution is -2.15. The van der Waals surface area contributed by atoms with Crippen molar-refractivity contribution in [3.8, 4) is 0 Å². The minimum atomic E-state index is -0.261. The van der Waals surface area contributed by atoms with Crippen LogP contribution in [0, 0.1) is 25.6 Å². The molecule has 1 aromatic heterocycles. The minimum Gasteiger partial charge on any atom is -0.353 e. The highest BCUT2D eigenvalue weighted by molar-refractivity contribution is 6.06. The lowest BCUT2D eigenvalue weighted by atomic mass is 10.1. The van der Waals surface area contributed by atoms with E-state index in [4.69, 9.17) is 0 Å². The van der Waals surface area contributed by atoms with Crippen LogP contribution in [0.25, 0.3) is 0 Å². The van der Waals surface area contributed by atoms with Crippen LogP contribution in [-0.4, -0.2) is 10.5 Å². The van der Waals surface area contributed by atoms with Gasteiger partial charge in [-0.05, 0) is 68.4 Å². The summed E-state index contributed by atoms with van der Waals surface area (Å²) < 4.78 is 15.4. The average molecular weight is 300 g/mol. The summed E-state index contributed by atoms with van der Waals surface area (Å²) >= 11 is 0. The van der Waals surface area contributed by atoms with E-state index in [9.17, 15) is 9.18 Å². The quantitative estimate of drug-likeness (QED) is 0.910. The second kappa shape index (κ2) is 5.59. The van der Waals surface area contributed by atoms with Crippen molar-refractivity contribution in [2.75, 3.05) is 5.32 Å². The van der Waals surface area contributed by atoms with E-state index in [2.05, 4.69) is 9.88 Å². The highest BCUT2D eigenvalue weighted by Gasteiger charge is 2.27. The third-order valence-electron chi connectivity index (χ3n) is 4.32. The van der Waals surface area contributed by atoms with E-state index < -0.39 is 0 Å². The van der Waals surface area contributed by atoms with Crippen LogP contribution >= 0.6 is 0 Å². The summed E-state index contributed by atoms with van der Waals surface area (Å²) in [6, 6.07) is 4.64. The molecule has 1 heterocycles. The Morgan fingerprint density at radius 1 is 1.32 bits per heavy atom. The molecule has 0 unspecified atom stereocenters. The molecule has 0 radical (unpaired) electrons. The van der Waals surface area contributed by atoms with Crippen LogP contribution in [0.5, 0.6) is 0 Å². The maximum absolute atomic E-state index is 13.3. The van der Waals surface area contributed by atoms with Crippen LogP contribution in [0.2, 0.25) is 0 Å². The fourth-order valence-electron chi connectivity index (χ4n) is 2.90. The number of hydrogen-bond donors (Lipinski definition) is 1. The van der Waals surface area contributed by atoms with Gasteiger partial charge in [-0.2, -0.15) is 0 Å². The highest BCUT2D eigenvalue weighted by Crippen LogP contribution is 2.34. The number of amides is 1. The van der Waals surface area contributed by atoms with E-state index in [1.54, 1.807) is 19.1 Å². The molecule has 1 saturated carbocycles. The van der Waals surface area contributed by atoms with Crippen LogP contribution in [0.15, 0.2) is 24.4 Å². The number of hydrogen-bond acceptors (Lipinski definition) is 1. The van der Waals surface area contributed by atoms with Crippen molar-refractivity contribution in [2.45, 2.75) is 33.1 Å². The Morgan fingerprint density at radius 3 is 2.68 bits per heavy atom. The van der Waals surface area contributed by atoms with Gasteiger partial charge in [-0.3, -0.25) is 4.79 Å². The normalized spacial score (nSPS) is 14.2. The van der Waals surface area contributed by atoms with Gasteiger partial charge in [0, 0.05) is 24.6 Å². The SMILES string of the molecule is Cc1cc(NC(=O)c2c(C)cn(C)c2CC2CC2)ccc1F. The maximum Gasteiger partial charge on any atom is 0.257 e. The summed E-state index contributed by atoms with van der Waals surface area (Å²) in [5, 5.41) is 2.90. The summed E-state index contributed by atoms with van der Waals surface area (Å²) in [6.07, 6.45) is 5.46. The molecule has 1 aromatic carbocycles. The van der Waals surface area contributed by atoms with Gasteiger partial charge in [-0.1, -0.05) is 0 Å². The zero-order valence-electron chi connectivity index (χ0n) is 13.2. The molecule has 116 valence electrons. The fraction of sp³-hybridized carbons (Fsp3) is 0.389. The number of benzene rings is 1. The first kappa shape index (κ1) is 14.8. The molecule has 1 aliphatic rings. The Hall–Kier alpha value is -2.10. The Kier molecular flexibility index (Phi) is 3.77. The van der Waals surface area contributed by atoms with Crippen molar-refractivity contribution in [1.29, 1.82) is 0 Å². The van der Waals surface area contributed by atoms with Crippen molar-refractivity contribution < 1.29 is 9.18 Å². The Balaban J connectivity index is 1.86. The molecular weight excluding hydrogens is 279 g/mol. The summed E-state index contributed by atoms with van der Waals surface area (Å²) in [4.78, 5) is 12.6. The van der Waals surface area contributed by atoms with Crippen LogP contribution in [0.4, 0.5) is 10.1 Å². The topological polar surface area (TPSA) is 34.0 Å². The first-order valence-electron chi connectivity index (χ1n) is 7.68. The molecule has 1 fully saturated rings. The van der Waals surface area contributed by atoms with Gasteiger partial charge in [0.1, 0.15) is 5.82 Å². The second-order valence-corrected chi connectivity index (χ2v) is 6.31. The van der Waals surface area contributed by atoms with E-state index in [0.717, 1.165) is 23.2 Å². The first-order chi connectivity index (χ1) is 10.5. The molecule has 0 spiro atoms. The Labute approximate surface area is 130 Å². The monoisotopic (exact) mass is 300 g/mol. The number of aryl methyl sites for hydroxylation is 3. The van der Waals surface area contributed by atoms with Crippen molar-refractivity contribution in [3.05, 3.63) is 52.6 Å². The summed E-state index contributed by atoms with van der Waals surface area (Å²) in [5.74, 6) is 0.343. The molecular formula is C18H21FN2O. The van der Waals surface area contributed by atoms with Gasteiger partial charge >= 0.3 is 0 Å². The molecule has 0 saturated heterocycles. The van der Waals surface area contributed by atoms with E-state index in [-0.39, 0.29) is 11.7 Å². The number of nitrogens with one attached hydrogen (secondary N) is 1. The highest BCUT2D eigenvalue weighted by atomic mass is 19.1. The lowest BCUT2D eigenvalue weighted by molar-refractivity contribution is 0.102. The second-order valence-electron chi connectivity index (χ2n) is 6.31. The average Bonchev–Trinajstić information content (AvgIpc) is 3.21. The number of anilines is 1. The van der Waals surface area contributed by atoms with Crippen LogP contribution in [-0.2, 0) is 13.5 Å². The number of halogens is 1. The van der Waals surface area contributed by atoms with Crippen LogP contribution in [0.3, 0.4) is 0 Å². The molecule has 4 heteroatoms. The van der Waals surface area contributed by atoms with Crippen LogP contribution in [0.1, 0.15) is 40.0 Å². The fourth-order valence-corrected chi connectivity index (χ4v) is 2.90. The van der Waals surface area contributed by atoms with E-state index in [0.29, 0.717) is 17.2 Å². The third-order valence-corrected chi connectivity index (χ3v) is 4.32. The molecule has 3 nitrogen and oxygen atoms in total. The zero-order valence-corrected chi connectivity index (χ0v) is 13.2. The number of nitrogens with zero attached hydrogens (tertiary/aromatic N) is 1. The predicted molar refractivity (Wildman–Crippen MR) is 85.7 cm³/mol. The molecule has 2 aromatic rings. The number of carbonyl (C=O) groups excluding carboxylic acids is 1. The Morgan fingerprint density at radius 2 is 2.05 bits per heavy atom. The maximum atomic E-state index is 13.3. The molecule has 0 bridgehead atoms. The number of aromatic nitrogens is 1. The van der Waals surface area contributed by atoms with Gasteiger partial charge < -0.3 is 9.88 Å². The first-order valence-corrected chi connectivity index (χ1v) is 7.68. The largest absolute Gasteiger partial charge is 0.353 e. The predicted octanol–water partition coefficient (Wildman–Crippen LogP) is 3.99. The molecule has 1 amide bonds. The zero-order chi connectivity index (χ0) is 15.9. The number of carbonyl (C=O) groups is 1. The van der Waals surface area contributed by atoms with Gasteiger partial charge in [0.15, 0.2) is 0 Å². The minimum absolute atomic E-state index is 0.111. The summed E-state index contributed by atoms with van der Waals surface area (Å²) in [6.45, 7) is 3.65. The van der Waals surface area contributed by atoms with Crippen molar-refractivity contribution in [3.63, 3.8) is 0 Å². The molecule has 3 rings (SSSR count). The summed E-state index contributed by atoms with van der Waals surface area (Å²) in [7, 11) is 1.99.